The molecule has 0 amide bonds. The predicted octanol–water partition coefficient (Wildman–Crippen LogP) is 3.52. The van der Waals surface area contributed by atoms with Crippen molar-refractivity contribution in [2.24, 2.45) is 0 Å². The minimum atomic E-state index is -0.201. The quantitative estimate of drug-likeness (QED) is 0.789. The number of methoxy groups -OCH3 is 1. The summed E-state index contributed by atoms with van der Waals surface area (Å²) >= 11 is 0. The Kier molecular flexibility index (Phi) is 3.65. The zero-order valence-electron chi connectivity index (χ0n) is 12.3. The van der Waals surface area contributed by atoms with E-state index in [4.69, 9.17) is 4.74 Å². The van der Waals surface area contributed by atoms with Gasteiger partial charge in [-0.2, -0.15) is 0 Å². The van der Waals surface area contributed by atoms with Gasteiger partial charge in [0, 0.05) is 12.7 Å². The van der Waals surface area contributed by atoms with E-state index in [2.05, 4.69) is 30.1 Å². The van der Waals surface area contributed by atoms with Crippen LogP contribution in [0.25, 0.3) is 0 Å². The lowest BCUT2D eigenvalue weighted by molar-refractivity contribution is -0.142. The Labute approximate surface area is 125 Å². The summed E-state index contributed by atoms with van der Waals surface area (Å²) in [7, 11) is 3.55. The average molecular weight is 281 g/mol. The predicted molar refractivity (Wildman–Crippen MR) is 83.4 cm³/mol. The lowest BCUT2D eigenvalue weighted by Crippen LogP contribution is -2.34. The number of nitrogens with zero attached hydrogens (tertiary/aromatic N) is 1. The first-order valence-electron chi connectivity index (χ1n) is 7.17. The van der Waals surface area contributed by atoms with Crippen molar-refractivity contribution in [1.29, 1.82) is 0 Å². The zero-order chi connectivity index (χ0) is 14.8. The Morgan fingerprint density at radius 2 is 1.76 bits per heavy atom. The summed E-state index contributed by atoms with van der Waals surface area (Å²) in [6.45, 7) is 0. The molecule has 3 rings (SSSR count). The number of fused-ring (bicyclic) bond motifs is 1. The van der Waals surface area contributed by atoms with Crippen LogP contribution in [0.15, 0.2) is 54.6 Å². The van der Waals surface area contributed by atoms with Gasteiger partial charge < -0.3 is 9.64 Å². The van der Waals surface area contributed by atoms with Gasteiger partial charge in [0.2, 0.25) is 0 Å². The first-order chi connectivity index (χ1) is 10.2. The van der Waals surface area contributed by atoms with Gasteiger partial charge in [0.25, 0.3) is 0 Å². The summed E-state index contributed by atoms with van der Waals surface area (Å²) in [6, 6.07) is 18.6. The fraction of sp³-hybridized carbons (Fsp3) is 0.278. The number of anilines is 1. The van der Waals surface area contributed by atoms with Gasteiger partial charge in [-0.25, -0.2) is 0 Å². The van der Waals surface area contributed by atoms with Gasteiger partial charge in [-0.05, 0) is 23.6 Å². The minimum Gasteiger partial charge on any atom is -0.469 e. The van der Waals surface area contributed by atoms with E-state index in [-0.39, 0.29) is 17.9 Å². The van der Waals surface area contributed by atoms with Crippen LogP contribution in [0.4, 0.5) is 5.69 Å². The molecular formula is C18H19NO2. The second-order valence-corrected chi connectivity index (χ2v) is 5.41. The Hall–Kier alpha value is -2.29. The Morgan fingerprint density at radius 3 is 2.48 bits per heavy atom. The van der Waals surface area contributed by atoms with E-state index in [1.165, 1.54) is 12.7 Å². The Morgan fingerprint density at radius 1 is 1.10 bits per heavy atom. The number of rotatable bonds is 2. The molecule has 1 aliphatic rings. The van der Waals surface area contributed by atoms with E-state index in [1.807, 2.05) is 36.4 Å². The Bertz CT molecular complexity index is 639. The van der Waals surface area contributed by atoms with Gasteiger partial charge >= 0.3 is 5.97 Å². The second-order valence-electron chi connectivity index (χ2n) is 5.41. The summed E-state index contributed by atoms with van der Waals surface area (Å²) in [5.41, 5.74) is 3.38. The van der Waals surface area contributed by atoms with Crippen LogP contribution in [-0.4, -0.2) is 20.1 Å². The molecule has 1 heterocycles. The number of hydrogen-bond acceptors (Lipinski definition) is 3. The zero-order valence-corrected chi connectivity index (χ0v) is 12.3. The lowest BCUT2D eigenvalue weighted by Gasteiger charge is -2.39. The molecule has 0 spiro atoms. The largest absolute Gasteiger partial charge is 0.469 e. The smallest absolute Gasteiger partial charge is 0.313 e. The van der Waals surface area contributed by atoms with Crippen molar-refractivity contribution in [3.8, 4) is 0 Å². The lowest BCUT2D eigenvalue weighted by atomic mass is 9.83. The number of benzene rings is 2. The van der Waals surface area contributed by atoms with Crippen LogP contribution in [0.2, 0.25) is 0 Å². The van der Waals surface area contributed by atoms with E-state index in [0.29, 0.717) is 0 Å². The molecule has 0 N–H and O–H groups in total. The van der Waals surface area contributed by atoms with Crippen molar-refractivity contribution in [1.82, 2.24) is 0 Å². The third-order valence-corrected chi connectivity index (χ3v) is 4.29. The molecule has 108 valence electrons. The molecule has 0 aliphatic carbocycles. The molecule has 0 saturated carbocycles. The normalized spacial score (nSPS) is 20.8. The monoisotopic (exact) mass is 281 g/mol. The van der Waals surface area contributed by atoms with Crippen molar-refractivity contribution in [3.63, 3.8) is 0 Å². The topological polar surface area (TPSA) is 29.5 Å². The van der Waals surface area contributed by atoms with Crippen LogP contribution in [0, 0.1) is 0 Å². The van der Waals surface area contributed by atoms with Crippen LogP contribution in [0.3, 0.4) is 0 Å². The average Bonchev–Trinajstić information content (AvgIpc) is 2.55. The standard InChI is InChI=1S/C18H19NO2/c1-19-16-11-7-6-10-14(16)15(18(20)21-2)12-17(19)13-8-4-3-5-9-13/h3-11,15,17H,12H2,1-2H3/t15-,17-/m0/s1. The van der Waals surface area contributed by atoms with Crippen molar-refractivity contribution < 1.29 is 9.53 Å². The van der Waals surface area contributed by atoms with Gasteiger partial charge in [-0.1, -0.05) is 48.5 Å². The second kappa shape index (κ2) is 5.60. The maximum Gasteiger partial charge on any atom is 0.313 e. The van der Waals surface area contributed by atoms with Crippen molar-refractivity contribution in [3.05, 3.63) is 65.7 Å². The molecule has 3 heteroatoms. The molecule has 0 saturated heterocycles. The number of carbonyl (C=O) groups excluding carboxylic acids is 1. The van der Waals surface area contributed by atoms with E-state index in [9.17, 15) is 4.79 Å². The van der Waals surface area contributed by atoms with Crippen LogP contribution < -0.4 is 4.90 Å². The molecule has 21 heavy (non-hydrogen) atoms. The molecule has 3 nitrogen and oxygen atoms in total. The molecule has 0 unspecified atom stereocenters. The minimum absolute atomic E-state index is 0.156. The fourth-order valence-electron chi connectivity index (χ4n) is 3.18. The summed E-state index contributed by atoms with van der Waals surface area (Å²) in [6.07, 6.45) is 0.740. The van der Waals surface area contributed by atoms with Crippen LogP contribution in [0.1, 0.15) is 29.5 Å². The number of ether oxygens (including phenoxy) is 1. The highest BCUT2D eigenvalue weighted by molar-refractivity contribution is 5.82. The fourth-order valence-corrected chi connectivity index (χ4v) is 3.18. The third-order valence-electron chi connectivity index (χ3n) is 4.29. The highest BCUT2D eigenvalue weighted by atomic mass is 16.5. The van der Waals surface area contributed by atoms with E-state index >= 15 is 0 Å². The number of esters is 1. The maximum absolute atomic E-state index is 12.2. The molecule has 2 aromatic rings. The van der Waals surface area contributed by atoms with Crippen LogP contribution in [-0.2, 0) is 9.53 Å². The van der Waals surface area contributed by atoms with Gasteiger partial charge in [-0.15, -0.1) is 0 Å². The SMILES string of the molecule is COC(=O)[C@H]1C[C@@H](c2ccccc2)N(C)c2ccccc21. The van der Waals surface area contributed by atoms with Crippen molar-refractivity contribution in [2.75, 3.05) is 19.1 Å². The molecule has 2 atom stereocenters. The van der Waals surface area contributed by atoms with Gasteiger partial charge in [0.15, 0.2) is 0 Å². The summed E-state index contributed by atoms with van der Waals surface area (Å²) in [5, 5.41) is 0. The van der Waals surface area contributed by atoms with E-state index in [1.54, 1.807) is 0 Å². The van der Waals surface area contributed by atoms with Crippen molar-refractivity contribution in [2.45, 2.75) is 18.4 Å². The van der Waals surface area contributed by atoms with Gasteiger partial charge in [-0.3, -0.25) is 4.79 Å². The van der Waals surface area contributed by atoms with Crippen molar-refractivity contribution >= 4 is 11.7 Å². The number of para-hydroxylation sites is 1. The highest BCUT2D eigenvalue weighted by Gasteiger charge is 2.35. The summed E-state index contributed by atoms with van der Waals surface area (Å²) in [5.74, 6) is -0.357. The van der Waals surface area contributed by atoms with Crippen LogP contribution >= 0.6 is 0 Å². The first kappa shape index (κ1) is 13.7. The van der Waals surface area contributed by atoms with Gasteiger partial charge in [0.1, 0.15) is 0 Å². The molecule has 2 aromatic carbocycles. The molecule has 0 radical (unpaired) electrons. The number of hydrogen-bond donors (Lipinski definition) is 0. The molecule has 0 aromatic heterocycles. The number of carbonyl (C=O) groups is 1. The molecular weight excluding hydrogens is 262 g/mol. The molecule has 0 fully saturated rings. The Balaban J connectivity index is 2.06. The highest BCUT2D eigenvalue weighted by Crippen LogP contribution is 2.44. The summed E-state index contributed by atoms with van der Waals surface area (Å²) < 4.78 is 5.01. The maximum atomic E-state index is 12.2. The molecule has 0 bridgehead atoms. The third kappa shape index (κ3) is 2.40. The molecule has 1 aliphatic heterocycles. The van der Waals surface area contributed by atoms with Gasteiger partial charge in [0.05, 0.1) is 19.1 Å². The van der Waals surface area contributed by atoms with E-state index < -0.39 is 0 Å². The first-order valence-corrected chi connectivity index (χ1v) is 7.17. The van der Waals surface area contributed by atoms with E-state index in [0.717, 1.165) is 17.7 Å². The van der Waals surface area contributed by atoms with Crippen LogP contribution in [0.5, 0.6) is 0 Å². The summed E-state index contributed by atoms with van der Waals surface area (Å²) in [4.78, 5) is 14.4.